The fraction of sp³-hybridized carbons (Fsp3) is 0.250. The van der Waals surface area contributed by atoms with Gasteiger partial charge in [0.05, 0.1) is 6.20 Å². The van der Waals surface area contributed by atoms with E-state index in [0.29, 0.717) is 5.57 Å². The Morgan fingerprint density at radius 3 is 3.20 bits per heavy atom. The van der Waals surface area contributed by atoms with Gasteiger partial charge in [-0.05, 0) is 0 Å². The number of rotatable bonds is 2. The van der Waals surface area contributed by atoms with Crippen LogP contribution in [0.3, 0.4) is 0 Å². The molecule has 0 spiro atoms. The third kappa shape index (κ3) is 1.58. The number of amides is 1. The van der Waals surface area contributed by atoms with Gasteiger partial charge in [0.2, 0.25) is 5.88 Å². The van der Waals surface area contributed by atoms with Crippen LogP contribution in [-0.2, 0) is 16.1 Å². The molecular weight excluding hydrogens is 298 g/mol. The largest absolute Gasteiger partial charge is 0.401 e. The summed E-state index contributed by atoms with van der Waals surface area (Å²) < 4.78 is 7.19. The van der Waals surface area contributed by atoms with E-state index in [-0.39, 0.29) is 22.9 Å². The molecule has 6 nitrogen and oxygen atoms in total. The average Bonchev–Trinajstić information content (AvgIpc) is 3.09. The molecule has 4 heterocycles. The second kappa shape index (κ2) is 4.16. The Morgan fingerprint density at radius 2 is 2.40 bits per heavy atom. The molecule has 1 aromatic rings. The van der Waals surface area contributed by atoms with Gasteiger partial charge in [-0.3, -0.25) is 9.69 Å². The molecule has 0 unspecified atom stereocenters. The van der Waals surface area contributed by atoms with Crippen molar-refractivity contribution in [3.05, 3.63) is 29.5 Å². The lowest BCUT2D eigenvalue weighted by Crippen LogP contribution is -2.51. The topological polar surface area (TPSA) is 64.4 Å². The molecule has 102 valence electrons. The Bertz CT molecular complexity index is 673. The van der Waals surface area contributed by atoms with Crippen LogP contribution in [0.2, 0.25) is 0 Å². The van der Waals surface area contributed by atoms with Crippen molar-refractivity contribution in [3.8, 4) is 5.88 Å². The number of β-lactam (4-membered cyclic amide) rings is 1. The Kier molecular flexibility index (Phi) is 2.52. The molecule has 0 aromatic carbocycles. The van der Waals surface area contributed by atoms with Gasteiger partial charge >= 0.3 is 5.97 Å². The summed E-state index contributed by atoms with van der Waals surface area (Å²) in [6.07, 6.45) is 1.71. The minimum Gasteiger partial charge on any atom is -0.401 e. The first-order valence-electron chi connectivity index (χ1n) is 5.95. The summed E-state index contributed by atoms with van der Waals surface area (Å²) >= 11 is 3.01. The van der Waals surface area contributed by atoms with E-state index in [9.17, 15) is 9.59 Å². The highest BCUT2D eigenvalue weighted by Crippen LogP contribution is 2.43. The summed E-state index contributed by atoms with van der Waals surface area (Å²) in [5, 5.41) is 2.35. The summed E-state index contributed by atoms with van der Waals surface area (Å²) in [6.45, 7) is 4.55. The van der Waals surface area contributed by atoms with E-state index < -0.39 is 5.97 Å². The second-order valence-electron chi connectivity index (χ2n) is 4.49. The van der Waals surface area contributed by atoms with Crippen molar-refractivity contribution in [2.24, 2.45) is 0 Å². The molecule has 0 N–H and O–H groups in total. The Hall–Kier alpha value is -1.67. The third-order valence-corrected chi connectivity index (χ3v) is 5.36. The molecule has 1 amide bonds. The predicted molar refractivity (Wildman–Crippen MR) is 74.0 cm³/mol. The maximum Gasteiger partial charge on any atom is 0.362 e. The van der Waals surface area contributed by atoms with E-state index in [2.05, 4.69) is 11.6 Å². The highest BCUT2D eigenvalue weighted by molar-refractivity contribution is 8.03. The van der Waals surface area contributed by atoms with Crippen LogP contribution in [0.25, 0.3) is 0 Å². The molecule has 1 saturated heterocycles. The van der Waals surface area contributed by atoms with E-state index in [1.165, 1.54) is 16.7 Å². The van der Waals surface area contributed by atoms with Gasteiger partial charge in [-0.2, -0.15) is 4.98 Å². The predicted octanol–water partition coefficient (Wildman–Crippen LogP) is 1.21. The van der Waals surface area contributed by atoms with Crippen molar-refractivity contribution < 1.29 is 14.3 Å². The Balaban J connectivity index is 1.51. The molecular formula is C12H9N3O3S2. The SMILES string of the molecule is C=C1C(=O)N2C(C(=O)Oc3cn4c(n3)SCC4)=CS[C@@H]12. The summed E-state index contributed by atoms with van der Waals surface area (Å²) in [7, 11) is 0. The zero-order chi connectivity index (χ0) is 13.9. The highest BCUT2D eigenvalue weighted by Gasteiger charge is 2.48. The van der Waals surface area contributed by atoms with Gasteiger partial charge in [-0.1, -0.05) is 18.3 Å². The smallest absolute Gasteiger partial charge is 0.362 e. The number of aromatic nitrogens is 2. The molecule has 3 aliphatic heterocycles. The highest BCUT2D eigenvalue weighted by atomic mass is 32.2. The number of imidazole rings is 1. The molecule has 0 radical (unpaired) electrons. The van der Waals surface area contributed by atoms with Crippen LogP contribution in [0.1, 0.15) is 0 Å². The van der Waals surface area contributed by atoms with Gasteiger partial charge in [-0.25, -0.2) is 4.79 Å². The van der Waals surface area contributed by atoms with Crippen molar-refractivity contribution in [2.45, 2.75) is 17.1 Å². The normalized spacial score (nSPS) is 23.3. The number of ether oxygens (including phenoxy) is 1. The van der Waals surface area contributed by atoms with Gasteiger partial charge in [0, 0.05) is 23.3 Å². The molecule has 8 heteroatoms. The molecule has 1 aromatic heterocycles. The minimum atomic E-state index is -0.553. The number of fused-ring (bicyclic) bond motifs is 2. The van der Waals surface area contributed by atoms with Gasteiger partial charge in [0.25, 0.3) is 5.91 Å². The van der Waals surface area contributed by atoms with Crippen LogP contribution in [0.15, 0.2) is 34.6 Å². The van der Waals surface area contributed by atoms with E-state index in [4.69, 9.17) is 4.74 Å². The van der Waals surface area contributed by atoms with Crippen LogP contribution in [0, 0.1) is 0 Å². The lowest BCUT2D eigenvalue weighted by Gasteiger charge is -2.36. The second-order valence-corrected chi connectivity index (χ2v) is 6.50. The zero-order valence-corrected chi connectivity index (χ0v) is 11.9. The van der Waals surface area contributed by atoms with Crippen LogP contribution in [0.5, 0.6) is 5.88 Å². The first-order valence-corrected chi connectivity index (χ1v) is 7.88. The quantitative estimate of drug-likeness (QED) is 0.465. The van der Waals surface area contributed by atoms with Crippen molar-refractivity contribution in [2.75, 3.05) is 5.75 Å². The number of thioether (sulfide) groups is 2. The minimum absolute atomic E-state index is 0.146. The van der Waals surface area contributed by atoms with Gasteiger partial charge < -0.3 is 9.30 Å². The van der Waals surface area contributed by atoms with E-state index in [1.807, 2.05) is 4.57 Å². The summed E-state index contributed by atoms with van der Waals surface area (Å²) in [6, 6.07) is 0. The molecule has 4 rings (SSSR count). The zero-order valence-electron chi connectivity index (χ0n) is 10.2. The molecule has 1 fully saturated rings. The lowest BCUT2D eigenvalue weighted by atomic mass is 10.1. The molecule has 20 heavy (non-hydrogen) atoms. The number of hydrogen-bond donors (Lipinski definition) is 0. The first kappa shape index (κ1) is 12.1. The number of hydrogen-bond acceptors (Lipinski definition) is 6. The van der Waals surface area contributed by atoms with Gasteiger partial charge in [-0.15, -0.1) is 11.8 Å². The van der Waals surface area contributed by atoms with E-state index in [1.54, 1.807) is 23.4 Å². The average molecular weight is 307 g/mol. The van der Waals surface area contributed by atoms with Crippen molar-refractivity contribution in [1.29, 1.82) is 0 Å². The maximum absolute atomic E-state index is 12.1. The number of esters is 1. The number of carbonyl (C=O) groups is 2. The monoisotopic (exact) mass is 307 g/mol. The lowest BCUT2D eigenvalue weighted by molar-refractivity contribution is -0.139. The molecule has 3 aliphatic rings. The van der Waals surface area contributed by atoms with Crippen molar-refractivity contribution in [1.82, 2.24) is 14.5 Å². The summed E-state index contributed by atoms with van der Waals surface area (Å²) in [5.41, 5.74) is 0.782. The van der Waals surface area contributed by atoms with Crippen molar-refractivity contribution >= 4 is 35.4 Å². The van der Waals surface area contributed by atoms with Crippen LogP contribution >= 0.6 is 23.5 Å². The van der Waals surface area contributed by atoms with E-state index >= 15 is 0 Å². The van der Waals surface area contributed by atoms with Crippen LogP contribution in [-0.4, -0.2) is 37.5 Å². The number of carbonyl (C=O) groups excluding carboxylic acids is 2. The molecule has 0 bridgehead atoms. The molecule has 0 aliphatic carbocycles. The Labute approximate surface area is 122 Å². The summed E-state index contributed by atoms with van der Waals surface area (Å²) in [4.78, 5) is 29.4. The first-order chi connectivity index (χ1) is 9.65. The number of nitrogens with zero attached hydrogens (tertiary/aromatic N) is 3. The van der Waals surface area contributed by atoms with E-state index in [0.717, 1.165) is 17.5 Å². The maximum atomic E-state index is 12.1. The third-order valence-electron chi connectivity index (χ3n) is 3.28. The van der Waals surface area contributed by atoms with Crippen molar-refractivity contribution in [3.63, 3.8) is 0 Å². The van der Waals surface area contributed by atoms with Crippen LogP contribution < -0.4 is 4.74 Å². The fourth-order valence-electron chi connectivity index (χ4n) is 2.25. The van der Waals surface area contributed by atoms with Gasteiger partial charge in [0.15, 0.2) is 5.16 Å². The molecule has 1 atom stereocenters. The summed E-state index contributed by atoms with van der Waals surface area (Å²) in [5.74, 6) is 0.497. The Morgan fingerprint density at radius 1 is 1.55 bits per heavy atom. The molecule has 0 saturated carbocycles. The fourth-order valence-corrected chi connectivity index (χ4v) is 4.25. The number of aryl methyl sites for hydroxylation is 1. The van der Waals surface area contributed by atoms with Gasteiger partial charge in [0.1, 0.15) is 11.1 Å². The standard InChI is InChI=1S/C12H9N3O3S2/c1-6-9(16)15-7(5-20-10(6)15)11(17)18-8-4-14-2-3-19-12(14)13-8/h4-5,10H,1-3H2/t10-/m0/s1. The van der Waals surface area contributed by atoms with Crippen LogP contribution in [0.4, 0.5) is 0 Å².